The maximum absolute atomic E-state index is 6.06. The largest absolute Gasteiger partial charge is 0.497 e. The number of fused-ring (bicyclic) bond motifs is 1. The minimum absolute atomic E-state index is 0.741. The Morgan fingerprint density at radius 3 is 2.78 bits per heavy atom. The monoisotopic (exact) mass is 257 g/mol. The van der Waals surface area contributed by atoms with E-state index in [9.17, 15) is 0 Å². The summed E-state index contributed by atoms with van der Waals surface area (Å²) in [5.41, 5.74) is 2.15. The molecule has 0 aliphatic rings. The predicted molar refractivity (Wildman–Crippen MR) is 74.8 cm³/mol. The van der Waals surface area contributed by atoms with Gasteiger partial charge in [-0.15, -0.1) is 0 Å². The van der Waals surface area contributed by atoms with Gasteiger partial charge in [0.1, 0.15) is 5.75 Å². The molecule has 0 saturated heterocycles. The molecule has 3 rings (SSSR count). The molecule has 0 aliphatic heterocycles. The Kier molecular flexibility index (Phi) is 2.73. The van der Waals surface area contributed by atoms with Gasteiger partial charge >= 0.3 is 0 Å². The van der Waals surface area contributed by atoms with E-state index in [1.54, 1.807) is 7.11 Å². The second kappa shape index (κ2) is 4.39. The van der Waals surface area contributed by atoms with E-state index in [1.165, 1.54) is 5.39 Å². The van der Waals surface area contributed by atoms with Crippen molar-refractivity contribution in [1.29, 1.82) is 0 Å². The van der Waals surface area contributed by atoms with Crippen molar-refractivity contribution in [2.75, 3.05) is 7.11 Å². The minimum atomic E-state index is 0.741. The SMILES string of the molecule is COc1cccc(-n2ccc3ccc(Cl)cc32)c1. The lowest BCUT2D eigenvalue weighted by Crippen LogP contribution is -1.92. The normalized spacial score (nSPS) is 10.8. The fraction of sp³-hybridized carbons (Fsp3) is 0.0667. The number of hydrogen-bond acceptors (Lipinski definition) is 1. The van der Waals surface area contributed by atoms with Gasteiger partial charge in [0.05, 0.1) is 12.6 Å². The highest BCUT2D eigenvalue weighted by atomic mass is 35.5. The number of halogens is 1. The number of methoxy groups -OCH3 is 1. The summed E-state index contributed by atoms with van der Waals surface area (Å²) in [6, 6.07) is 15.9. The van der Waals surface area contributed by atoms with Gasteiger partial charge in [-0.3, -0.25) is 0 Å². The van der Waals surface area contributed by atoms with Gasteiger partial charge in [-0.2, -0.15) is 0 Å². The Balaban J connectivity index is 2.21. The van der Waals surface area contributed by atoms with Crippen LogP contribution in [0.4, 0.5) is 0 Å². The first-order valence-electron chi connectivity index (χ1n) is 5.69. The van der Waals surface area contributed by atoms with Crippen molar-refractivity contribution >= 4 is 22.5 Å². The summed E-state index contributed by atoms with van der Waals surface area (Å²) in [6.07, 6.45) is 2.04. The fourth-order valence-corrected chi connectivity index (χ4v) is 2.25. The van der Waals surface area contributed by atoms with Crippen LogP contribution in [-0.4, -0.2) is 11.7 Å². The predicted octanol–water partition coefficient (Wildman–Crippen LogP) is 4.29. The van der Waals surface area contributed by atoms with E-state index in [0.29, 0.717) is 0 Å². The van der Waals surface area contributed by atoms with E-state index in [0.717, 1.165) is 22.0 Å². The van der Waals surface area contributed by atoms with Gasteiger partial charge in [-0.1, -0.05) is 23.7 Å². The lowest BCUT2D eigenvalue weighted by atomic mass is 10.2. The Labute approximate surface area is 110 Å². The first-order valence-corrected chi connectivity index (χ1v) is 6.07. The summed E-state index contributed by atoms with van der Waals surface area (Å²) in [6.45, 7) is 0. The van der Waals surface area contributed by atoms with Crippen LogP contribution in [0.2, 0.25) is 5.02 Å². The Morgan fingerprint density at radius 2 is 1.94 bits per heavy atom. The molecule has 0 bridgehead atoms. The molecule has 0 aliphatic carbocycles. The molecule has 0 spiro atoms. The van der Waals surface area contributed by atoms with Crippen molar-refractivity contribution in [3.63, 3.8) is 0 Å². The number of nitrogens with zero attached hydrogens (tertiary/aromatic N) is 1. The molecular weight excluding hydrogens is 246 g/mol. The van der Waals surface area contributed by atoms with E-state index >= 15 is 0 Å². The van der Waals surface area contributed by atoms with Gasteiger partial charge in [0, 0.05) is 28.4 Å². The van der Waals surface area contributed by atoms with Crippen molar-refractivity contribution in [2.45, 2.75) is 0 Å². The summed E-state index contributed by atoms with van der Waals surface area (Å²) in [5, 5.41) is 1.91. The Bertz CT molecular complexity index is 703. The van der Waals surface area contributed by atoms with Crippen LogP contribution in [0.3, 0.4) is 0 Å². The van der Waals surface area contributed by atoms with Crippen molar-refractivity contribution in [1.82, 2.24) is 4.57 Å². The van der Waals surface area contributed by atoms with Gasteiger partial charge in [0.25, 0.3) is 0 Å². The topological polar surface area (TPSA) is 14.2 Å². The second-order valence-electron chi connectivity index (χ2n) is 4.09. The van der Waals surface area contributed by atoms with Crippen LogP contribution in [0.5, 0.6) is 5.75 Å². The van der Waals surface area contributed by atoms with E-state index < -0.39 is 0 Å². The summed E-state index contributed by atoms with van der Waals surface area (Å²) < 4.78 is 7.35. The Hall–Kier alpha value is -1.93. The van der Waals surface area contributed by atoms with Crippen LogP contribution in [0.15, 0.2) is 54.7 Å². The second-order valence-corrected chi connectivity index (χ2v) is 4.53. The molecule has 0 N–H and O–H groups in total. The zero-order valence-corrected chi connectivity index (χ0v) is 10.7. The fourth-order valence-electron chi connectivity index (χ4n) is 2.09. The zero-order valence-electron chi connectivity index (χ0n) is 9.93. The highest BCUT2D eigenvalue weighted by molar-refractivity contribution is 6.31. The van der Waals surface area contributed by atoms with Crippen molar-refractivity contribution in [2.24, 2.45) is 0 Å². The smallest absolute Gasteiger partial charge is 0.120 e. The average molecular weight is 258 g/mol. The molecule has 0 radical (unpaired) electrons. The van der Waals surface area contributed by atoms with E-state index in [2.05, 4.69) is 10.6 Å². The highest BCUT2D eigenvalue weighted by Gasteiger charge is 2.04. The lowest BCUT2D eigenvalue weighted by Gasteiger charge is -2.07. The molecular formula is C15H12ClNO. The molecule has 2 nitrogen and oxygen atoms in total. The third-order valence-electron chi connectivity index (χ3n) is 2.99. The number of benzene rings is 2. The molecule has 0 unspecified atom stereocenters. The number of ether oxygens (including phenoxy) is 1. The molecule has 3 heteroatoms. The minimum Gasteiger partial charge on any atom is -0.497 e. The Morgan fingerprint density at radius 1 is 1.06 bits per heavy atom. The van der Waals surface area contributed by atoms with Crippen molar-refractivity contribution in [3.05, 3.63) is 59.8 Å². The third kappa shape index (κ3) is 1.85. The van der Waals surface area contributed by atoms with Crippen LogP contribution in [-0.2, 0) is 0 Å². The average Bonchev–Trinajstić information content (AvgIpc) is 2.81. The van der Waals surface area contributed by atoms with Crippen LogP contribution < -0.4 is 4.74 Å². The zero-order chi connectivity index (χ0) is 12.5. The van der Waals surface area contributed by atoms with Gasteiger partial charge < -0.3 is 9.30 Å². The molecule has 0 fully saturated rings. The summed E-state index contributed by atoms with van der Waals surface area (Å²) >= 11 is 6.06. The van der Waals surface area contributed by atoms with Crippen molar-refractivity contribution in [3.8, 4) is 11.4 Å². The quantitative estimate of drug-likeness (QED) is 0.668. The third-order valence-corrected chi connectivity index (χ3v) is 3.22. The van der Waals surface area contributed by atoms with Gasteiger partial charge in [-0.05, 0) is 30.3 Å². The molecule has 1 aromatic heterocycles. The molecule has 0 atom stereocenters. The maximum atomic E-state index is 6.06. The van der Waals surface area contributed by atoms with E-state index in [4.69, 9.17) is 16.3 Å². The van der Waals surface area contributed by atoms with Crippen LogP contribution in [0.25, 0.3) is 16.6 Å². The molecule has 1 heterocycles. The summed E-state index contributed by atoms with van der Waals surface area (Å²) in [5.74, 6) is 0.844. The van der Waals surface area contributed by atoms with Crippen LogP contribution >= 0.6 is 11.6 Å². The molecule has 90 valence electrons. The molecule has 18 heavy (non-hydrogen) atoms. The number of rotatable bonds is 2. The van der Waals surface area contributed by atoms with Gasteiger partial charge in [0.2, 0.25) is 0 Å². The van der Waals surface area contributed by atoms with Gasteiger partial charge in [0.15, 0.2) is 0 Å². The molecule has 3 aromatic rings. The van der Waals surface area contributed by atoms with Crippen LogP contribution in [0.1, 0.15) is 0 Å². The van der Waals surface area contributed by atoms with E-state index in [1.807, 2.05) is 48.7 Å². The van der Waals surface area contributed by atoms with Gasteiger partial charge in [-0.25, -0.2) is 0 Å². The van der Waals surface area contributed by atoms with E-state index in [-0.39, 0.29) is 0 Å². The first kappa shape index (κ1) is 11.2. The lowest BCUT2D eigenvalue weighted by molar-refractivity contribution is 0.414. The molecule has 0 saturated carbocycles. The number of aromatic nitrogens is 1. The first-order chi connectivity index (χ1) is 8.78. The van der Waals surface area contributed by atoms with Crippen LogP contribution in [0, 0.1) is 0 Å². The molecule has 2 aromatic carbocycles. The maximum Gasteiger partial charge on any atom is 0.120 e. The number of hydrogen-bond donors (Lipinski definition) is 0. The molecule has 0 amide bonds. The van der Waals surface area contributed by atoms with Crippen molar-refractivity contribution < 1.29 is 4.74 Å². The summed E-state index contributed by atoms with van der Waals surface area (Å²) in [4.78, 5) is 0. The standard InChI is InChI=1S/C15H12ClNO/c1-18-14-4-2-3-13(10-14)17-8-7-11-5-6-12(16)9-15(11)17/h2-10H,1H3. The summed E-state index contributed by atoms with van der Waals surface area (Å²) in [7, 11) is 1.67. The highest BCUT2D eigenvalue weighted by Crippen LogP contribution is 2.25.